The largest absolute Gasteiger partial charge is 0.325 e. The highest BCUT2D eigenvalue weighted by Gasteiger charge is 2.10. The molecule has 2 N–H and O–H groups in total. The number of nitrogens with two attached hydrogens (primary N) is 1. The Balaban J connectivity index is 2.08. The van der Waals surface area contributed by atoms with Crippen LogP contribution < -0.4 is 5.73 Å². The van der Waals surface area contributed by atoms with Crippen molar-refractivity contribution in [3.05, 3.63) is 47.4 Å². The third kappa shape index (κ3) is 2.02. The van der Waals surface area contributed by atoms with E-state index in [-0.39, 0.29) is 0 Å². The summed E-state index contributed by atoms with van der Waals surface area (Å²) >= 11 is 0. The topological polar surface area (TPSA) is 61.7 Å². The van der Waals surface area contributed by atoms with E-state index in [0.29, 0.717) is 13.1 Å². The van der Waals surface area contributed by atoms with Crippen LogP contribution in [0.3, 0.4) is 0 Å². The molecule has 0 saturated carbocycles. The lowest BCUT2D eigenvalue weighted by atomic mass is 10.2. The fourth-order valence-corrected chi connectivity index (χ4v) is 2.43. The van der Waals surface area contributed by atoms with Gasteiger partial charge in [0.05, 0.1) is 29.1 Å². The van der Waals surface area contributed by atoms with Gasteiger partial charge in [0.25, 0.3) is 0 Å². The maximum absolute atomic E-state index is 5.76. The van der Waals surface area contributed by atoms with Gasteiger partial charge in [-0.3, -0.25) is 9.36 Å². The van der Waals surface area contributed by atoms with Gasteiger partial charge in [0.2, 0.25) is 0 Å². The molecule has 19 heavy (non-hydrogen) atoms. The van der Waals surface area contributed by atoms with Crippen molar-refractivity contribution < 1.29 is 0 Å². The van der Waals surface area contributed by atoms with E-state index in [2.05, 4.69) is 28.4 Å². The number of hydrogen-bond acceptors (Lipinski definition) is 3. The summed E-state index contributed by atoms with van der Waals surface area (Å²) in [5.74, 6) is 0. The molecule has 2 aromatic heterocycles. The zero-order chi connectivity index (χ0) is 13.4. The summed E-state index contributed by atoms with van der Waals surface area (Å²) in [6, 6.07) is 10.3. The van der Waals surface area contributed by atoms with Crippen molar-refractivity contribution in [3.63, 3.8) is 0 Å². The van der Waals surface area contributed by atoms with Crippen molar-refractivity contribution in [3.8, 4) is 0 Å². The van der Waals surface area contributed by atoms with E-state index >= 15 is 0 Å². The molecule has 0 bridgehead atoms. The van der Waals surface area contributed by atoms with E-state index < -0.39 is 0 Å². The van der Waals surface area contributed by atoms with Crippen LogP contribution >= 0.6 is 0 Å². The van der Waals surface area contributed by atoms with Crippen molar-refractivity contribution >= 4 is 10.9 Å². The average Bonchev–Trinajstić information content (AvgIpc) is 2.91. The number of fused-ring (bicyclic) bond motifs is 1. The lowest BCUT2D eigenvalue weighted by molar-refractivity contribution is 0.625. The van der Waals surface area contributed by atoms with Crippen LogP contribution in [0.2, 0.25) is 0 Å². The van der Waals surface area contributed by atoms with E-state index in [9.17, 15) is 0 Å². The zero-order valence-electron chi connectivity index (χ0n) is 11.2. The molecule has 5 heteroatoms. The molecular formula is C14H17N5. The number of rotatable bonds is 3. The molecule has 3 aromatic rings. The van der Waals surface area contributed by atoms with Crippen LogP contribution in [0, 0.1) is 6.92 Å². The van der Waals surface area contributed by atoms with Gasteiger partial charge in [0.1, 0.15) is 0 Å². The van der Waals surface area contributed by atoms with E-state index in [4.69, 9.17) is 5.73 Å². The molecular weight excluding hydrogens is 238 g/mol. The standard InChI is InChI=1S/C14H17N5/c1-10-7-11(18(2)16-10)9-19-14-6-4-3-5-12(14)13(8-15)17-19/h3-7H,8-9,15H2,1-2H3. The lowest BCUT2D eigenvalue weighted by Crippen LogP contribution is -2.07. The number of aryl methyl sites for hydroxylation is 2. The van der Waals surface area contributed by atoms with Crippen LogP contribution in [-0.4, -0.2) is 19.6 Å². The molecule has 0 aliphatic carbocycles. The molecule has 0 aliphatic rings. The molecule has 98 valence electrons. The summed E-state index contributed by atoms with van der Waals surface area (Å²) in [5, 5.41) is 10.1. The van der Waals surface area contributed by atoms with Crippen molar-refractivity contribution in [1.82, 2.24) is 19.6 Å². The Morgan fingerprint density at radius 1 is 1.21 bits per heavy atom. The Morgan fingerprint density at radius 2 is 2.00 bits per heavy atom. The minimum atomic E-state index is 0.456. The van der Waals surface area contributed by atoms with Gasteiger partial charge in [-0.25, -0.2) is 0 Å². The molecule has 0 spiro atoms. The molecule has 0 atom stereocenters. The van der Waals surface area contributed by atoms with E-state index in [0.717, 1.165) is 28.0 Å². The Morgan fingerprint density at radius 3 is 2.68 bits per heavy atom. The first kappa shape index (κ1) is 11.9. The van der Waals surface area contributed by atoms with Crippen LogP contribution in [0.25, 0.3) is 10.9 Å². The predicted molar refractivity (Wildman–Crippen MR) is 74.7 cm³/mol. The van der Waals surface area contributed by atoms with E-state index in [1.807, 2.05) is 35.5 Å². The normalized spacial score (nSPS) is 11.3. The highest BCUT2D eigenvalue weighted by molar-refractivity contribution is 5.81. The summed E-state index contributed by atoms with van der Waals surface area (Å²) in [6.45, 7) is 3.16. The number of nitrogens with zero attached hydrogens (tertiary/aromatic N) is 4. The smallest absolute Gasteiger partial charge is 0.0839 e. The van der Waals surface area contributed by atoms with Crippen LogP contribution in [0.15, 0.2) is 30.3 Å². The van der Waals surface area contributed by atoms with Gasteiger partial charge >= 0.3 is 0 Å². The molecule has 1 aromatic carbocycles. The molecule has 0 fully saturated rings. The van der Waals surface area contributed by atoms with Crippen molar-refractivity contribution in [1.29, 1.82) is 0 Å². The molecule has 5 nitrogen and oxygen atoms in total. The minimum Gasteiger partial charge on any atom is -0.325 e. The molecule has 2 heterocycles. The molecule has 0 radical (unpaired) electrons. The van der Waals surface area contributed by atoms with Crippen LogP contribution in [0.4, 0.5) is 0 Å². The molecule has 0 unspecified atom stereocenters. The minimum absolute atomic E-state index is 0.456. The Bertz CT molecular complexity index is 723. The Labute approximate surface area is 111 Å². The van der Waals surface area contributed by atoms with Gasteiger partial charge in [-0.1, -0.05) is 18.2 Å². The molecule has 3 rings (SSSR count). The van der Waals surface area contributed by atoms with Gasteiger partial charge < -0.3 is 5.73 Å². The predicted octanol–water partition coefficient (Wildman–Crippen LogP) is 1.59. The summed E-state index contributed by atoms with van der Waals surface area (Å²) in [7, 11) is 1.96. The fraction of sp³-hybridized carbons (Fsp3) is 0.286. The second-order valence-corrected chi connectivity index (χ2v) is 4.73. The maximum Gasteiger partial charge on any atom is 0.0839 e. The summed E-state index contributed by atoms with van der Waals surface area (Å²) in [6.07, 6.45) is 0. The lowest BCUT2D eigenvalue weighted by Gasteiger charge is -2.03. The van der Waals surface area contributed by atoms with Gasteiger partial charge in [-0.2, -0.15) is 10.2 Å². The van der Waals surface area contributed by atoms with Gasteiger partial charge in [-0.05, 0) is 19.1 Å². The Hall–Kier alpha value is -2.14. The van der Waals surface area contributed by atoms with Gasteiger partial charge in [0, 0.05) is 19.0 Å². The van der Waals surface area contributed by atoms with Crippen molar-refractivity contribution in [2.45, 2.75) is 20.0 Å². The second-order valence-electron chi connectivity index (χ2n) is 4.73. The molecule has 0 amide bonds. The highest BCUT2D eigenvalue weighted by Crippen LogP contribution is 2.19. The second kappa shape index (κ2) is 4.51. The van der Waals surface area contributed by atoms with Crippen LogP contribution in [0.1, 0.15) is 17.1 Å². The number of para-hydroxylation sites is 1. The SMILES string of the molecule is Cc1cc(Cn2nc(CN)c3ccccc32)n(C)n1. The first-order chi connectivity index (χ1) is 9.19. The third-order valence-electron chi connectivity index (χ3n) is 3.34. The summed E-state index contributed by atoms with van der Waals surface area (Å²) in [4.78, 5) is 0. The fourth-order valence-electron chi connectivity index (χ4n) is 2.43. The summed E-state index contributed by atoms with van der Waals surface area (Å²) in [5.41, 5.74) is 9.97. The van der Waals surface area contributed by atoms with Crippen molar-refractivity contribution in [2.24, 2.45) is 12.8 Å². The first-order valence-corrected chi connectivity index (χ1v) is 6.33. The Kier molecular flexibility index (Phi) is 2.83. The zero-order valence-corrected chi connectivity index (χ0v) is 11.2. The number of aromatic nitrogens is 4. The van der Waals surface area contributed by atoms with E-state index in [1.165, 1.54) is 0 Å². The van der Waals surface area contributed by atoms with E-state index in [1.54, 1.807) is 0 Å². The average molecular weight is 255 g/mol. The monoisotopic (exact) mass is 255 g/mol. The first-order valence-electron chi connectivity index (χ1n) is 6.33. The van der Waals surface area contributed by atoms with Crippen molar-refractivity contribution in [2.75, 3.05) is 0 Å². The quantitative estimate of drug-likeness (QED) is 0.773. The van der Waals surface area contributed by atoms with Gasteiger partial charge in [-0.15, -0.1) is 0 Å². The van der Waals surface area contributed by atoms with Gasteiger partial charge in [0.15, 0.2) is 0 Å². The maximum atomic E-state index is 5.76. The number of hydrogen-bond donors (Lipinski definition) is 1. The molecule has 0 aliphatic heterocycles. The van der Waals surface area contributed by atoms with Crippen LogP contribution in [0.5, 0.6) is 0 Å². The molecule has 0 saturated heterocycles. The highest BCUT2D eigenvalue weighted by atomic mass is 15.3. The van der Waals surface area contributed by atoms with Crippen LogP contribution in [-0.2, 0) is 20.1 Å². The third-order valence-corrected chi connectivity index (χ3v) is 3.34. The number of benzene rings is 1. The summed E-state index contributed by atoms with van der Waals surface area (Å²) < 4.78 is 3.89.